The highest BCUT2D eigenvalue weighted by molar-refractivity contribution is 8.19. The molecule has 2 aromatic rings. The van der Waals surface area contributed by atoms with E-state index in [2.05, 4.69) is 4.40 Å². The molecule has 1 aliphatic heterocycles. The number of thioether (sulfide) groups is 1. The number of sulfonamides is 1. The Labute approximate surface area is 170 Å². The number of carbonyl (C=O) groups is 1. The van der Waals surface area contributed by atoms with E-state index in [4.69, 9.17) is 0 Å². The van der Waals surface area contributed by atoms with Crippen LogP contribution in [-0.4, -0.2) is 35.9 Å². The average Bonchev–Trinajstić information content (AvgIpc) is 2.95. The topological polar surface area (TPSA) is 110 Å². The maximum Gasteiger partial charge on any atom is 0.284 e. The largest absolute Gasteiger partial charge is 0.286 e. The lowest BCUT2D eigenvalue weighted by atomic mass is 10.2. The van der Waals surface area contributed by atoms with Crippen molar-refractivity contribution < 1.29 is 22.5 Å². The Balaban J connectivity index is 1.97. The molecule has 1 amide bonds. The molecule has 0 saturated carbocycles. The van der Waals surface area contributed by atoms with E-state index in [9.17, 15) is 27.7 Å². The molecule has 0 atom stereocenters. The first-order chi connectivity index (χ1) is 13.7. The molecule has 3 rings (SSSR count). The second kappa shape index (κ2) is 8.13. The molecular formula is C18H14FN3O5S2. The fourth-order valence-corrected chi connectivity index (χ4v) is 4.74. The summed E-state index contributed by atoms with van der Waals surface area (Å²) >= 11 is 0.850. The number of hydrogen-bond donors (Lipinski definition) is 0. The third-order valence-corrected chi connectivity index (χ3v) is 6.30. The molecule has 0 N–H and O–H groups in total. The lowest BCUT2D eigenvalue weighted by Crippen LogP contribution is -2.29. The summed E-state index contributed by atoms with van der Waals surface area (Å²) in [6.07, 6.45) is 1.44. The Morgan fingerprint density at radius 2 is 1.93 bits per heavy atom. The molecule has 0 bridgehead atoms. The SMILES string of the molecule is CCN1C(=O)/C(=C/c2cccc([N+](=O)[O-])c2)S/C1=N/S(=O)(=O)c1ccc(F)cc1. The van der Waals surface area contributed by atoms with E-state index in [0.717, 1.165) is 36.0 Å². The van der Waals surface area contributed by atoms with Gasteiger partial charge in [0.2, 0.25) is 0 Å². The molecule has 1 saturated heterocycles. The number of non-ortho nitro benzene ring substituents is 1. The van der Waals surface area contributed by atoms with Gasteiger partial charge in [-0.05, 0) is 54.6 Å². The molecule has 0 aliphatic carbocycles. The van der Waals surface area contributed by atoms with Crippen molar-refractivity contribution in [3.63, 3.8) is 0 Å². The minimum Gasteiger partial charge on any atom is -0.286 e. The number of rotatable bonds is 5. The normalized spacial score (nSPS) is 17.3. The van der Waals surface area contributed by atoms with E-state index in [0.29, 0.717) is 5.56 Å². The van der Waals surface area contributed by atoms with Crippen LogP contribution >= 0.6 is 11.8 Å². The first kappa shape index (κ1) is 20.7. The van der Waals surface area contributed by atoms with Gasteiger partial charge in [-0.3, -0.25) is 19.8 Å². The summed E-state index contributed by atoms with van der Waals surface area (Å²) in [6.45, 7) is 1.84. The molecule has 2 aromatic carbocycles. The molecule has 8 nitrogen and oxygen atoms in total. The Hall–Kier alpha value is -3.05. The number of nitrogens with zero attached hydrogens (tertiary/aromatic N) is 3. The van der Waals surface area contributed by atoms with Crippen molar-refractivity contribution in [2.24, 2.45) is 4.40 Å². The minimum absolute atomic E-state index is 0.0431. The summed E-state index contributed by atoms with van der Waals surface area (Å²) in [5, 5.41) is 10.9. The number of amidine groups is 1. The summed E-state index contributed by atoms with van der Waals surface area (Å²) in [5.74, 6) is -1.04. The lowest BCUT2D eigenvalue weighted by molar-refractivity contribution is -0.384. The predicted octanol–water partition coefficient (Wildman–Crippen LogP) is 3.42. The van der Waals surface area contributed by atoms with Crippen molar-refractivity contribution in [1.29, 1.82) is 0 Å². The van der Waals surface area contributed by atoms with Crippen LogP contribution in [0.15, 0.2) is 62.7 Å². The number of nitro groups is 1. The first-order valence-electron chi connectivity index (χ1n) is 8.27. The molecule has 0 aromatic heterocycles. The van der Waals surface area contributed by atoms with Gasteiger partial charge in [-0.15, -0.1) is 4.40 Å². The van der Waals surface area contributed by atoms with Crippen LogP contribution in [0.5, 0.6) is 0 Å². The smallest absolute Gasteiger partial charge is 0.284 e. The molecular weight excluding hydrogens is 421 g/mol. The van der Waals surface area contributed by atoms with Gasteiger partial charge in [-0.2, -0.15) is 8.42 Å². The predicted molar refractivity (Wildman–Crippen MR) is 107 cm³/mol. The van der Waals surface area contributed by atoms with Crippen LogP contribution in [0.3, 0.4) is 0 Å². The average molecular weight is 435 g/mol. The van der Waals surface area contributed by atoms with E-state index >= 15 is 0 Å². The molecule has 0 unspecified atom stereocenters. The third kappa shape index (κ3) is 4.51. The van der Waals surface area contributed by atoms with Gasteiger partial charge in [0.15, 0.2) is 5.17 Å². The van der Waals surface area contributed by atoms with Crippen LogP contribution in [0, 0.1) is 15.9 Å². The number of benzene rings is 2. The van der Waals surface area contributed by atoms with Crippen molar-refractivity contribution in [3.05, 3.63) is 74.9 Å². The van der Waals surface area contributed by atoms with Crippen LogP contribution in [0.4, 0.5) is 10.1 Å². The fraction of sp³-hybridized carbons (Fsp3) is 0.111. The van der Waals surface area contributed by atoms with Crippen LogP contribution < -0.4 is 0 Å². The van der Waals surface area contributed by atoms with Gasteiger partial charge in [-0.25, -0.2) is 4.39 Å². The van der Waals surface area contributed by atoms with Gasteiger partial charge >= 0.3 is 0 Å². The standard InChI is InChI=1S/C18H14FN3O5S2/c1-2-21-17(23)16(11-12-4-3-5-14(10-12)22(24)25)28-18(21)20-29(26,27)15-8-6-13(19)7-9-15/h3-11H,2H2,1H3/b16-11-,20-18+. The summed E-state index contributed by atoms with van der Waals surface area (Å²) in [5.41, 5.74) is 0.295. The van der Waals surface area contributed by atoms with Crippen molar-refractivity contribution in [1.82, 2.24) is 4.90 Å². The number of likely N-dealkylation sites (N-methyl/N-ethyl adjacent to an activating group) is 1. The van der Waals surface area contributed by atoms with Crippen molar-refractivity contribution in [3.8, 4) is 0 Å². The molecule has 0 spiro atoms. The van der Waals surface area contributed by atoms with Crippen LogP contribution in [0.2, 0.25) is 0 Å². The van der Waals surface area contributed by atoms with Crippen LogP contribution in [0.1, 0.15) is 12.5 Å². The summed E-state index contributed by atoms with van der Waals surface area (Å²) in [4.78, 5) is 24.1. The summed E-state index contributed by atoms with van der Waals surface area (Å²) in [6, 6.07) is 9.90. The van der Waals surface area contributed by atoms with Crippen molar-refractivity contribution in [2.75, 3.05) is 6.54 Å². The molecule has 0 radical (unpaired) electrons. The highest BCUT2D eigenvalue weighted by Crippen LogP contribution is 2.34. The number of halogens is 1. The number of amides is 1. The zero-order valence-corrected chi connectivity index (χ0v) is 16.6. The molecule has 1 fully saturated rings. The second-order valence-corrected chi connectivity index (χ2v) is 8.43. The quantitative estimate of drug-likeness (QED) is 0.404. The van der Waals surface area contributed by atoms with Gasteiger partial charge in [0.1, 0.15) is 5.82 Å². The van der Waals surface area contributed by atoms with Crippen LogP contribution in [-0.2, 0) is 14.8 Å². The maximum atomic E-state index is 13.0. The highest BCUT2D eigenvalue weighted by atomic mass is 32.2. The fourth-order valence-electron chi connectivity index (χ4n) is 2.50. The number of nitro benzene ring substituents is 1. The maximum absolute atomic E-state index is 13.0. The van der Waals surface area contributed by atoms with E-state index in [-0.39, 0.29) is 27.2 Å². The second-order valence-electron chi connectivity index (χ2n) is 5.82. The molecule has 29 heavy (non-hydrogen) atoms. The third-order valence-electron chi connectivity index (χ3n) is 3.89. The number of carbonyl (C=O) groups excluding carboxylic acids is 1. The lowest BCUT2D eigenvalue weighted by Gasteiger charge is -2.11. The van der Waals surface area contributed by atoms with Gasteiger partial charge < -0.3 is 0 Å². The Bertz CT molecular complexity index is 1140. The van der Waals surface area contributed by atoms with Crippen LogP contribution in [0.25, 0.3) is 6.08 Å². The molecule has 150 valence electrons. The highest BCUT2D eigenvalue weighted by Gasteiger charge is 2.34. The van der Waals surface area contributed by atoms with Gasteiger partial charge in [0.25, 0.3) is 21.6 Å². The monoisotopic (exact) mass is 435 g/mol. The summed E-state index contributed by atoms with van der Waals surface area (Å²) < 4.78 is 41.8. The van der Waals surface area contributed by atoms with E-state index < -0.39 is 26.7 Å². The number of hydrogen-bond acceptors (Lipinski definition) is 6. The van der Waals surface area contributed by atoms with E-state index in [1.165, 1.54) is 29.2 Å². The Kier molecular flexibility index (Phi) is 5.80. The van der Waals surface area contributed by atoms with Crippen molar-refractivity contribution in [2.45, 2.75) is 11.8 Å². The Morgan fingerprint density at radius 1 is 1.24 bits per heavy atom. The zero-order chi connectivity index (χ0) is 21.2. The van der Waals surface area contributed by atoms with Crippen molar-refractivity contribution >= 4 is 44.6 Å². The van der Waals surface area contributed by atoms with E-state index in [1.807, 2.05) is 0 Å². The Morgan fingerprint density at radius 3 is 2.55 bits per heavy atom. The molecule has 11 heteroatoms. The zero-order valence-electron chi connectivity index (χ0n) is 15.0. The van der Waals surface area contributed by atoms with Gasteiger partial charge in [0, 0.05) is 18.7 Å². The van der Waals surface area contributed by atoms with Gasteiger partial charge in [-0.1, -0.05) is 12.1 Å². The van der Waals surface area contributed by atoms with E-state index in [1.54, 1.807) is 13.0 Å². The first-order valence-corrected chi connectivity index (χ1v) is 10.5. The summed E-state index contributed by atoms with van der Waals surface area (Å²) in [7, 11) is -4.15. The minimum atomic E-state index is -4.15. The molecule has 1 aliphatic rings. The van der Waals surface area contributed by atoms with Gasteiger partial charge in [0.05, 0.1) is 14.7 Å². The molecule has 1 heterocycles.